The zero-order valence-corrected chi connectivity index (χ0v) is 13.1. The molecule has 0 unspecified atom stereocenters. The fourth-order valence-corrected chi connectivity index (χ4v) is 2.12. The van der Waals surface area contributed by atoms with Crippen LogP contribution in [-0.2, 0) is 0 Å². The van der Waals surface area contributed by atoms with E-state index >= 15 is 0 Å². The van der Waals surface area contributed by atoms with Crippen molar-refractivity contribution in [2.75, 3.05) is 19.5 Å². The fourth-order valence-electron chi connectivity index (χ4n) is 2.12. The van der Waals surface area contributed by atoms with Gasteiger partial charge in [0.15, 0.2) is 11.6 Å². The Bertz CT molecular complexity index is 830. The SMILES string of the molecule is COc1ccc(C(=O)Nc2ccc(-c3ccco3)nn2)c(OC)c1. The van der Waals surface area contributed by atoms with Gasteiger partial charge < -0.3 is 19.2 Å². The number of furan rings is 1. The van der Waals surface area contributed by atoms with Crippen LogP contribution in [0.3, 0.4) is 0 Å². The second-order valence-electron chi connectivity index (χ2n) is 4.80. The van der Waals surface area contributed by atoms with Crippen molar-refractivity contribution in [2.45, 2.75) is 0 Å². The summed E-state index contributed by atoms with van der Waals surface area (Å²) in [6, 6.07) is 11.9. The van der Waals surface area contributed by atoms with Crippen LogP contribution in [0.4, 0.5) is 5.82 Å². The van der Waals surface area contributed by atoms with Crippen LogP contribution in [0, 0.1) is 0 Å². The van der Waals surface area contributed by atoms with Crippen LogP contribution >= 0.6 is 0 Å². The highest BCUT2D eigenvalue weighted by molar-refractivity contribution is 6.05. The first-order valence-corrected chi connectivity index (χ1v) is 7.12. The molecule has 24 heavy (non-hydrogen) atoms. The number of aromatic nitrogens is 2. The van der Waals surface area contributed by atoms with Crippen molar-refractivity contribution in [1.29, 1.82) is 0 Å². The molecular weight excluding hydrogens is 310 g/mol. The van der Waals surface area contributed by atoms with Crippen molar-refractivity contribution < 1.29 is 18.7 Å². The van der Waals surface area contributed by atoms with E-state index in [4.69, 9.17) is 13.9 Å². The Kier molecular flexibility index (Phi) is 4.42. The minimum Gasteiger partial charge on any atom is -0.497 e. The van der Waals surface area contributed by atoms with E-state index in [1.54, 1.807) is 55.8 Å². The summed E-state index contributed by atoms with van der Waals surface area (Å²) in [5, 5.41) is 10.7. The van der Waals surface area contributed by atoms with Gasteiger partial charge in [-0.1, -0.05) is 0 Å². The summed E-state index contributed by atoms with van der Waals surface area (Å²) in [6.45, 7) is 0. The molecule has 7 nitrogen and oxygen atoms in total. The summed E-state index contributed by atoms with van der Waals surface area (Å²) in [6.07, 6.45) is 1.56. The van der Waals surface area contributed by atoms with E-state index in [0.29, 0.717) is 34.3 Å². The molecule has 0 saturated heterocycles. The van der Waals surface area contributed by atoms with Crippen LogP contribution < -0.4 is 14.8 Å². The molecule has 2 heterocycles. The summed E-state index contributed by atoms with van der Waals surface area (Å²) in [5.74, 6) is 1.60. The molecule has 2 aromatic heterocycles. The summed E-state index contributed by atoms with van der Waals surface area (Å²) in [5.41, 5.74) is 0.954. The highest BCUT2D eigenvalue weighted by Gasteiger charge is 2.14. The van der Waals surface area contributed by atoms with Gasteiger partial charge in [0, 0.05) is 6.07 Å². The molecular formula is C17H15N3O4. The van der Waals surface area contributed by atoms with Crippen LogP contribution in [0.5, 0.6) is 11.5 Å². The molecule has 1 aromatic carbocycles. The topological polar surface area (TPSA) is 86.5 Å². The second-order valence-corrected chi connectivity index (χ2v) is 4.80. The van der Waals surface area contributed by atoms with Crippen LogP contribution in [0.15, 0.2) is 53.1 Å². The van der Waals surface area contributed by atoms with Crippen molar-refractivity contribution in [3.8, 4) is 23.0 Å². The monoisotopic (exact) mass is 325 g/mol. The molecule has 1 N–H and O–H groups in total. The molecule has 0 fully saturated rings. The number of rotatable bonds is 5. The summed E-state index contributed by atoms with van der Waals surface area (Å²) in [4.78, 5) is 12.4. The molecule has 0 spiro atoms. The van der Waals surface area contributed by atoms with E-state index in [2.05, 4.69) is 15.5 Å². The molecule has 0 aliphatic rings. The third-order valence-electron chi connectivity index (χ3n) is 3.33. The van der Waals surface area contributed by atoms with Gasteiger partial charge in [0.25, 0.3) is 5.91 Å². The number of carbonyl (C=O) groups is 1. The second kappa shape index (κ2) is 6.82. The van der Waals surface area contributed by atoms with Gasteiger partial charge in [-0.15, -0.1) is 10.2 Å². The third kappa shape index (κ3) is 3.19. The Labute approximate surface area is 138 Å². The number of ether oxygens (including phenoxy) is 2. The molecule has 0 saturated carbocycles. The van der Waals surface area contributed by atoms with E-state index in [1.165, 1.54) is 7.11 Å². The maximum Gasteiger partial charge on any atom is 0.260 e. The Morgan fingerprint density at radius 1 is 1.08 bits per heavy atom. The molecule has 3 rings (SSSR count). The first-order valence-electron chi connectivity index (χ1n) is 7.12. The number of methoxy groups -OCH3 is 2. The number of nitrogens with zero attached hydrogens (tertiary/aromatic N) is 2. The largest absolute Gasteiger partial charge is 0.497 e. The van der Waals surface area contributed by atoms with Crippen LogP contribution in [0.2, 0.25) is 0 Å². The maximum atomic E-state index is 12.4. The highest BCUT2D eigenvalue weighted by Crippen LogP contribution is 2.25. The maximum absolute atomic E-state index is 12.4. The Balaban J connectivity index is 1.77. The third-order valence-corrected chi connectivity index (χ3v) is 3.33. The molecule has 122 valence electrons. The highest BCUT2D eigenvalue weighted by atomic mass is 16.5. The molecule has 7 heteroatoms. The quantitative estimate of drug-likeness (QED) is 0.776. The molecule has 1 amide bonds. The van der Waals surface area contributed by atoms with E-state index in [1.807, 2.05) is 0 Å². The minimum absolute atomic E-state index is 0.327. The van der Waals surface area contributed by atoms with Gasteiger partial charge in [-0.25, -0.2) is 0 Å². The van der Waals surface area contributed by atoms with Crippen molar-refractivity contribution in [1.82, 2.24) is 10.2 Å². The summed E-state index contributed by atoms with van der Waals surface area (Å²) < 4.78 is 15.6. The Morgan fingerprint density at radius 2 is 1.96 bits per heavy atom. The number of carbonyl (C=O) groups excluding carboxylic acids is 1. The van der Waals surface area contributed by atoms with E-state index in [0.717, 1.165) is 0 Å². The van der Waals surface area contributed by atoms with Gasteiger partial charge in [0.2, 0.25) is 0 Å². The van der Waals surface area contributed by atoms with Crippen LogP contribution in [0.25, 0.3) is 11.5 Å². The molecule has 0 radical (unpaired) electrons. The first kappa shape index (κ1) is 15.5. The lowest BCUT2D eigenvalue weighted by Crippen LogP contribution is -2.14. The number of benzene rings is 1. The van der Waals surface area contributed by atoms with Crippen LogP contribution in [0.1, 0.15) is 10.4 Å². The van der Waals surface area contributed by atoms with Gasteiger partial charge >= 0.3 is 0 Å². The summed E-state index contributed by atoms with van der Waals surface area (Å²) >= 11 is 0. The van der Waals surface area contributed by atoms with Crippen LogP contribution in [-0.4, -0.2) is 30.3 Å². The van der Waals surface area contributed by atoms with Crippen molar-refractivity contribution in [2.24, 2.45) is 0 Å². The normalized spacial score (nSPS) is 10.2. The van der Waals surface area contributed by atoms with Gasteiger partial charge in [-0.2, -0.15) is 0 Å². The average molecular weight is 325 g/mol. The van der Waals surface area contributed by atoms with E-state index < -0.39 is 0 Å². The smallest absolute Gasteiger partial charge is 0.260 e. The predicted octanol–water partition coefficient (Wildman–Crippen LogP) is 3.01. The predicted molar refractivity (Wildman–Crippen MR) is 87.2 cm³/mol. The van der Waals surface area contributed by atoms with Crippen molar-refractivity contribution in [3.63, 3.8) is 0 Å². The summed E-state index contributed by atoms with van der Waals surface area (Å²) in [7, 11) is 3.04. The molecule has 0 bridgehead atoms. The van der Waals surface area contributed by atoms with E-state index in [-0.39, 0.29) is 5.91 Å². The number of hydrogen-bond acceptors (Lipinski definition) is 6. The molecule has 3 aromatic rings. The number of nitrogens with one attached hydrogen (secondary N) is 1. The van der Waals surface area contributed by atoms with Gasteiger partial charge in [-0.05, 0) is 36.4 Å². The Morgan fingerprint density at radius 3 is 2.58 bits per heavy atom. The van der Waals surface area contributed by atoms with Gasteiger partial charge in [0.1, 0.15) is 17.2 Å². The average Bonchev–Trinajstić information content (AvgIpc) is 3.16. The van der Waals surface area contributed by atoms with Gasteiger partial charge in [0.05, 0.1) is 26.0 Å². The molecule has 0 atom stereocenters. The lowest BCUT2D eigenvalue weighted by Gasteiger charge is -2.10. The molecule has 0 aliphatic heterocycles. The first-order chi connectivity index (χ1) is 11.7. The lowest BCUT2D eigenvalue weighted by molar-refractivity contribution is 0.102. The Hall–Kier alpha value is -3.35. The lowest BCUT2D eigenvalue weighted by atomic mass is 10.1. The minimum atomic E-state index is -0.352. The number of amides is 1. The standard InChI is InChI=1S/C17H15N3O4/c1-22-11-5-6-12(15(10-11)23-2)17(21)18-16-8-7-13(19-20-16)14-4-3-9-24-14/h3-10H,1-2H3,(H,18,20,21). The molecule has 0 aliphatic carbocycles. The zero-order valence-electron chi connectivity index (χ0n) is 13.1. The number of hydrogen-bond donors (Lipinski definition) is 1. The van der Waals surface area contributed by atoms with Gasteiger partial charge in [-0.3, -0.25) is 4.79 Å². The van der Waals surface area contributed by atoms with Crippen molar-refractivity contribution in [3.05, 3.63) is 54.3 Å². The van der Waals surface area contributed by atoms with E-state index in [9.17, 15) is 4.79 Å². The zero-order chi connectivity index (χ0) is 16.9. The fraction of sp³-hybridized carbons (Fsp3) is 0.118. The van der Waals surface area contributed by atoms with Crippen molar-refractivity contribution >= 4 is 11.7 Å². The number of anilines is 1.